The Balaban J connectivity index is 2.87. The molecule has 0 fully saturated rings. The first-order valence-electron chi connectivity index (χ1n) is 10.3. The molecule has 8 heteroatoms. The molecular weight excluding hydrogens is 420 g/mol. The minimum Gasteiger partial charge on any atom is -0.466 e. The number of hydrogen-bond donors (Lipinski definition) is 2. The quantitative estimate of drug-likeness (QED) is 0.556. The van der Waals surface area contributed by atoms with E-state index in [1.807, 2.05) is 13.8 Å². The Morgan fingerprint density at radius 3 is 2.42 bits per heavy atom. The number of nitrogens with one attached hydrogen (secondary N) is 1. The molecule has 2 unspecified atom stereocenters. The molecule has 0 radical (unpaired) electrons. The minimum atomic E-state index is -0.871. The number of benzene rings is 1. The van der Waals surface area contributed by atoms with Crippen LogP contribution >= 0.6 is 11.6 Å². The number of methoxy groups -OCH3 is 1. The van der Waals surface area contributed by atoms with Crippen LogP contribution in [0, 0.1) is 0 Å². The summed E-state index contributed by atoms with van der Waals surface area (Å²) in [4.78, 5) is 26.1. The zero-order valence-corrected chi connectivity index (χ0v) is 19.5. The van der Waals surface area contributed by atoms with Crippen LogP contribution in [0.2, 0.25) is 5.02 Å². The molecule has 0 saturated carbocycles. The Morgan fingerprint density at radius 2 is 1.87 bits per heavy atom. The normalized spacial score (nSPS) is 18.4. The second-order valence-corrected chi connectivity index (χ2v) is 7.75. The van der Waals surface area contributed by atoms with E-state index < -0.39 is 23.5 Å². The number of hydrogen-bond acceptors (Lipinski definition) is 7. The van der Waals surface area contributed by atoms with Gasteiger partial charge in [-0.25, -0.2) is 9.59 Å². The van der Waals surface area contributed by atoms with Gasteiger partial charge in [0.15, 0.2) is 0 Å². The maximum absolute atomic E-state index is 13.3. The van der Waals surface area contributed by atoms with Gasteiger partial charge in [0.1, 0.15) is 5.60 Å². The average molecular weight is 451 g/mol. The number of esters is 2. The predicted octanol–water partition coefficient (Wildman–Crippen LogP) is 3.44. The topological polar surface area (TPSA) is 99.9 Å². The van der Waals surface area contributed by atoms with E-state index in [0.29, 0.717) is 47.1 Å². The van der Waals surface area contributed by atoms with Crippen LogP contribution in [0.5, 0.6) is 0 Å². The fourth-order valence-corrected chi connectivity index (χ4v) is 3.95. The van der Waals surface area contributed by atoms with Gasteiger partial charge in [-0.1, -0.05) is 36.7 Å². The van der Waals surface area contributed by atoms with Crippen molar-refractivity contribution in [2.45, 2.75) is 45.6 Å². The molecule has 3 N–H and O–H groups in total. The van der Waals surface area contributed by atoms with E-state index in [9.17, 15) is 9.59 Å². The van der Waals surface area contributed by atoms with Crippen molar-refractivity contribution in [2.24, 2.45) is 5.73 Å². The Kier molecular flexibility index (Phi) is 8.68. The third-order valence-corrected chi connectivity index (χ3v) is 5.77. The van der Waals surface area contributed by atoms with Crippen LogP contribution < -0.4 is 11.1 Å². The van der Waals surface area contributed by atoms with E-state index in [0.717, 1.165) is 0 Å². The Bertz CT molecular complexity index is 896. The molecule has 0 spiro atoms. The van der Waals surface area contributed by atoms with Crippen molar-refractivity contribution in [3.63, 3.8) is 0 Å². The molecular formula is C23H31ClN2O5. The van der Waals surface area contributed by atoms with E-state index in [4.69, 9.17) is 31.5 Å². The molecule has 31 heavy (non-hydrogen) atoms. The van der Waals surface area contributed by atoms with Gasteiger partial charge in [-0.2, -0.15) is 0 Å². The van der Waals surface area contributed by atoms with Crippen molar-refractivity contribution >= 4 is 23.5 Å². The smallest absolute Gasteiger partial charge is 0.336 e. The Morgan fingerprint density at radius 1 is 1.19 bits per heavy atom. The lowest BCUT2D eigenvalue weighted by molar-refractivity contribution is -0.139. The molecule has 0 amide bonds. The van der Waals surface area contributed by atoms with Crippen LogP contribution in [0.15, 0.2) is 46.8 Å². The van der Waals surface area contributed by atoms with Crippen LogP contribution in [-0.2, 0) is 23.8 Å². The SMILES string of the molecule is CCOC(=O)C1=C(C(C)(CC)OCCN)NC(C)=C(C(=O)OC)C1c1ccccc1Cl. The van der Waals surface area contributed by atoms with Crippen molar-refractivity contribution in [3.8, 4) is 0 Å². The first-order chi connectivity index (χ1) is 14.7. The third-order valence-electron chi connectivity index (χ3n) is 5.42. The van der Waals surface area contributed by atoms with Gasteiger partial charge in [0.05, 0.1) is 43.1 Å². The molecule has 1 heterocycles. The number of ether oxygens (including phenoxy) is 3. The maximum Gasteiger partial charge on any atom is 0.336 e. The van der Waals surface area contributed by atoms with Crippen molar-refractivity contribution in [1.29, 1.82) is 0 Å². The van der Waals surface area contributed by atoms with Crippen LogP contribution in [0.4, 0.5) is 0 Å². The summed E-state index contributed by atoms with van der Waals surface area (Å²) in [6.07, 6.45) is 0.550. The van der Waals surface area contributed by atoms with Crippen LogP contribution in [0.25, 0.3) is 0 Å². The van der Waals surface area contributed by atoms with Crippen molar-refractivity contribution in [1.82, 2.24) is 5.32 Å². The highest BCUT2D eigenvalue weighted by Gasteiger charge is 2.44. The molecule has 1 aromatic carbocycles. The van der Waals surface area contributed by atoms with Crippen LogP contribution in [0.1, 0.15) is 45.6 Å². The monoisotopic (exact) mass is 450 g/mol. The number of allylic oxidation sites excluding steroid dienone is 1. The van der Waals surface area contributed by atoms with E-state index in [-0.39, 0.29) is 12.2 Å². The summed E-state index contributed by atoms with van der Waals surface area (Å²) in [5.74, 6) is -1.90. The molecule has 0 bridgehead atoms. The number of nitrogens with two attached hydrogens (primary N) is 1. The first-order valence-corrected chi connectivity index (χ1v) is 10.7. The van der Waals surface area contributed by atoms with Crippen molar-refractivity contribution in [3.05, 3.63) is 57.4 Å². The number of rotatable bonds is 9. The summed E-state index contributed by atoms with van der Waals surface area (Å²) in [6.45, 7) is 8.12. The summed E-state index contributed by atoms with van der Waals surface area (Å²) in [5, 5.41) is 3.66. The van der Waals surface area contributed by atoms with E-state index in [1.54, 1.807) is 38.1 Å². The van der Waals surface area contributed by atoms with Crippen molar-refractivity contribution in [2.75, 3.05) is 26.9 Å². The number of carbonyl (C=O) groups is 2. The number of carbonyl (C=O) groups excluding carboxylic acids is 2. The molecule has 1 aliphatic heterocycles. The molecule has 0 aromatic heterocycles. The van der Waals surface area contributed by atoms with Gasteiger partial charge in [-0.15, -0.1) is 0 Å². The summed E-state index contributed by atoms with van der Waals surface area (Å²) in [6, 6.07) is 7.10. The number of halogens is 1. The average Bonchev–Trinajstić information content (AvgIpc) is 2.76. The van der Waals surface area contributed by atoms with Gasteiger partial charge in [0.25, 0.3) is 0 Å². The van der Waals surface area contributed by atoms with E-state index in [1.165, 1.54) is 7.11 Å². The van der Waals surface area contributed by atoms with Gasteiger partial charge in [0.2, 0.25) is 0 Å². The lowest BCUT2D eigenvalue weighted by Crippen LogP contribution is -2.44. The molecule has 0 saturated heterocycles. The predicted molar refractivity (Wildman–Crippen MR) is 119 cm³/mol. The third kappa shape index (κ3) is 5.11. The van der Waals surface area contributed by atoms with Crippen molar-refractivity contribution < 1.29 is 23.8 Å². The molecule has 7 nitrogen and oxygen atoms in total. The Hall–Kier alpha value is -2.35. The van der Waals surface area contributed by atoms with Gasteiger partial charge in [0, 0.05) is 17.3 Å². The highest BCUT2D eigenvalue weighted by atomic mass is 35.5. The van der Waals surface area contributed by atoms with Gasteiger partial charge >= 0.3 is 11.9 Å². The van der Waals surface area contributed by atoms with Crippen LogP contribution in [0.3, 0.4) is 0 Å². The van der Waals surface area contributed by atoms with E-state index >= 15 is 0 Å². The molecule has 0 aliphatic carbocycles. The Labute approximate surface area is 188 Å². The van der Waals surface area contributed by atoms with Gasteiger partial charge < -0.3 is 25.3 Å². The highest BCUT2D eigenvalue weighted by molar-refractivity contribution is 6.31. The molecule has 2 rings (SSSR count). The number of dihydropyridines is 1. The van der Waals surface area contributed by atoms with Gasteiger partial charge in [-0.3, -0.25) is 0 Å². The lowest BCUT2D eigenvalue weighted by Gasteiger charge is -2.39. The molecule has 2 atom stereocenters. The molecule has 1 aliphatic rings. The van der Waals surface area contributed by atoms with Crippen LogP contribution in [-0.4, -0.2) is 44.4 Å². The first kappa shape index (κ1) is 24.9. The second-order valence-electron chi connectivity index (χ2n) is 7.34. The standard InChI is InChI=1S/C23H31ClN2O5/c1-6-23(4,31-13-12-25)20-19(22(28)30-7-2)18(15-10-8-9-11-16(15)24)17(14(3)26-20)21(27)29-5/h8-11,18,26H,6-7,12-13,25H2,1-5H3. The van der Waals surface area contributed by atoms with Gasteiger partial charge in [-0.05, 0) is 38.8 Å². The van der Waals surface area contributed by atoms with E-state index in [2.05, 4.69) is 5.32 Å². The highest BCUT2D eigenvalue weighted by Crippen LogP contribution is 2.44. The summed E-state index contributed by atoms with van der Waals surface area (Å²) in [5.41, 5.74) is 7.03. The summed E-state index contributed by atoms with van der Waals surface area (Å²) in [7, 11) is 1.30. The second kappa shape index (κ2) is 10.8. The lowest BCUT2D eigenvalue weighted by atomic mass is 9.77. The fourth-order valence-electron chi connectivity index (χ4n) is 3.71. The fraction of sp³-hybridized carbons (Fsp3) is 0.478. The molecule has 1 aromatic rings. The minimum absolute atomic E-state index is 0.174. The largest absolute Gasteiger partial charge is 0.466 e. The zero-order valence-electron chi connectivity index (χ0n) is 18.7. The summed E-state index contributed by atoms with van der Waals surface area (Å²) < 4.78 is 16.5. The zero-order chi connectivity index (χ0) is 23.2. The summed E-state index contributed by atoms with van der Waals surface area (Å²) >= 11 is 6.53. The molecule has 170 valence electrons. The maximum atomic E-state index is 13.3.